The van der Waals surface area contributed by atoms with Crippen LogP contribution in [0.1, 0.15) is 10.4 Å². The van der Waals surface area contributed by atoms with Crippen molar-refractivity contribution in [2.24, 2.45) is 0 Å². The Kier molecular flexibility index (Phi) is 3.56. The zero-order valence-electron chi connectivity index (χ0n) is 8.85. The van der Waals surface area contributed by atoms with Gasteiger partial charge in [0.25, 0.3) is 0 Å². The number of hydrogen-bond acceptors (Lipinski definition) is 4. The molecule has 1 aromatic rings. The molecule has 0 amide bonds. The van der Waals surface area contributed by atoms with Gasteiger partial charge in [0.05, 0.1) is 4.90 Å². The maximum atomic E-state index is 12.0. The molecule has 9 heteroatoms. The Balaban J connectivity index is 3.38. The van der Waals surface area contributed by atoms with Crippen LogP contribution in [0.2, 0.25) is 0 Å². The number of aromatic carboxylic acids is 1. The van der Waals surface area contributed by atoms with Gasteiger partial charge in [0.15, 0.2) is 9.84 Å². The first-order valence-electron chi connectivity index (χ1n) is 4.34. The number of carboxylic acids is 1. The summed E-state index contributed by atoms with van der Waals surface area (Å²) in [4.78, 5) is 10.2. The summed E-state index contributed by atoms with van der Waals surface area (Å²) in [5.74, 6) is -2.73. The highest BCUT2D eigenvalue weighted by molar-refractivity contribution is 7.90. The van der Waals surface area contributed by atoms with E-state index in [9.17, 15) is 26.4 Å². The molecule has 18 heavy (non-hydrogen) atoms. The van der Waals surface area contributed by atoms with Crippen molar-refractivity contribution in [2.45, 2.75) is 11.3 Å². The molecule has 0 bridgehead atoms. The summed E-state index contributed by atoms with van der Waals surface area (Å²) in [5, 5.41) is 8.66. The summed E-state index contributed by atoms with van der Waals surface area (Å²) < 4.78 is 61.9. The molecule has 0 fully saturated rings. The number of halogens is 3. The van der Waals surface area contributed by atoms with Gasteiger partial charge in [0.1, 0.15) is 11.3 Å². The number of benzene rings is 1. The van der Waals surface area contributed by atoms with Crippen LogP contribution in [0.25, 0.3) is 0 Å². The second-order valence-corrected chi connectivity index (χ2v) is 5.30. The third kappa shape index (κ3) is 3.62. The monoisotopic (exact) mass is 284 g/mol. The van der Waals surface area contributed by atoms with Gasteiger partial charge in [-0.25, -0.2) is 13.2 Å². The first-order valence-corrected chi connectivity index (χ1v) is 6.23. The van der Waals surface area contributed by atoms with Gasteiger partial charge in [-0.2, -0.15) is 0 Å². The van der Waals surface area contributed by atoms with E-state index in [2.05, 4.69) is 4.74 Å². The van der Waals surface area contributed by atoms with E-state index in [1.165, 1.54) is 0 Å². The summed E-state index contributed by atoms with van der Waals surface area (Å²) >= 11 is 0. The minimum Gasteiger partial charge on any atom is -0.478 e. The van der Waals surface area contributed by atoms with E-state index in [1.54, 1.807) is 0 Å². The molecule has 0 atom stereocenters. The summed E-state index contributed by atoms with van der Waals surface area (Å²) in [5.41, 5.74) is -0.778. The fourth-order valence-electron chi connectivity index (χ4n) is 1.12. The number of carbonyl (C=O) groups is 1. The van der Waals surface area contributed by atoms with Crippen molar-refractivity contribution in [3.63, 3.8) is 0 Å². The lowest BCUT2D eigenvalue weighted by molar-refractivity contribution is -0.274. The molecule has 1 aromatic carbocycles. The van der Waals surface area contributed by atoms with E-state index < -0.39 is 38.4 Å². The number of rotatable bonds is 3. The smallest absolute Gasteiger partial charge is 0.478 e. The Morgan fingerprint density at radius 2 is 1.89 bits per heavy atom. The summed E-state index contributed by atoms with van der Waals surface area (Å²) in [6.45, 7) is 0. The third-order valence-electron chi connectivity index (χ3n) is 1.84. The van der Waals surface area contributed by atoms with E-state index in [1.807, 2.05) is 0 Å². The average Bonchev–Trinajstić information content (AvgIpc) is 2.12. The van der Waals surface area contributed by atoms with Gasteiger partial charge >= 0.3 is 12.3 Å². The first-order chi connectivity index (χ1) is 8.00. The SMILES string of the molecule is CS(=O)(=O)c1ccc(C(=O)O)c(OC(F)(F)F)c1. The van der Waals surface area contributed by atoms with Crippen molar-refractivity contribution in [1.82, 2.24) is 0 Å². The molecule has 0 heterocycles. The van der Waals surface area contributed by atoms with Crippen LogP contribution < -0.4 is 4.74 Å². The van der Waals surface area contributed by atoms with Gasteiger partial charge < -0.3 is 9.84 Å². The fourth-order valence-corrected chi connectivity index (χ4v) is 1.76. The lowest BCUT2D eigenvalue weighted by Gasteiger charge is -2.12. The molecule has 0 aromatic heterocycles. The Bertz CT molecular complexity index is 576. The van der Waals surface area contributed by atoms with Gasteiger partial charge in [-0.05, 0) is 12.1 Å². The van der Waals surface area contributed by atoms with E-state index in [-0.39, 0.29) is 0 Å². The molecule has 0 unspecified atom stereocenters. The van der Waals surface area contributed by atoms with Crippen LogP contribution in [0.3, 0.4) is 0 Å². The molecular weight excluding hydrogens is 277 g/mol. The van der Waals surface area contributed by atoms with Crippen LogP contribution >= 0.6 is 0 Å². The Hall–Kier alpha value is -1.77. The highest BCUT2D eigenvalue weighted by Gasteiger charge is 2.33. The molecule has 0 saturated carbocycles. The van der Waals surface area contributed by atoms with E-state index in [4.69, 9.17) is 5.11 Å². The lowest BCUT2D eigenvalue weighted by atomic mass is 10.2. The molecule has 100 valence electrons. The van der Waals surface area contributed by atoms with E-state index in [0.29, 0.717) is 6.07 Å². The molecule has 1 rings (SSSR count). The zero-order valence-corrected chi connectivity index (χ0v) is 9.67. The lowest BCUT2D eigenvalue weighted by Crippen LogP contribution is -2.19. The maximum Gasteiger partial charge on any atom is 0.573 e. The molecule has 0 aliphatic heterocycles. The second-order valence-electron chi connectivity index (χ2n) is 3.28. The Morgan fingerprint density at radius 1 is 1.33 bits per heavy atom. The quantitative estimate of drug-likeness (QED) is 0.913. The predicted octanol–water partition coefficient (Wildman–Crippen LogP) is 1.69. The van der Waals surface area contributed by atoms with Gasteiger partial charge in [0.2, 0.25) is 0 Å². The van der Waals surface area contributed by atoms with Crippen molar-refractivity contribution in [2.75, 3.05) is 6.26 Å². The topological polar surface area (TPSA) is 80.7 Å². The molecule has 0 spiro atoms. The van der Waals surface area contributed by atoms with Crippen molar-refractivity contribution in [3.8, 4) is 5.75 Å². The van der Waals surface area contributed by atoms with Gasteiger partial charge in [0, 0.05) is 12.3 Å². The minimum atomic E-state index is -5.11. The Morgan fingerprint density at radius 3 is 2.28 bits per heavy atom. The largest absolute Gasteiger partial charge is 0.573 e. The summed E-state index contributed by atoms with van der Waals surface area (Å²) in [6.07, 6.45) is -4.33. The number of sulfone groups is 1. The average molecular weight is 284 g/mol. The molecular formula is C9H7F3O5S. The van der Waals surface area contributed by atoms with Crippen molar-refractivity contribution >= 4 is 15.8 Å². The van der Waals surface area contributed by atoms with Gasteiger partial charge in [-0.3, -0.25) is 0 Å². The number of hydrogen-bond donors (Lipinski definition) is 1. The normalized spacial score (nSPS) is 12.2. The van der Waals surface area contributed by atoms with E-state index in [0.717, 1.165) is 18.4 Å². The van der Waals surface area contributed by atoms with Crippen LogP contribution in [-0.2, 0) is 9.84 Å². The van der Waals surface area contributed by atoms with Crippen molar-refractivity contribution in [3.05, 3.63) is 23.8 Å². The molecule has 5 nitrogen and oxygen atoms in total. The molecule has 0 aliphatic rings. The molecule has 0 saturated heterocycles. The summed E-state index contributed by atoms with van der Waals surface area (Å²) in [6, 6.07) is 2.15. The van der Waals surface area contributed by atoms with E-state index >= 15 is 0 Å². The number of carboxylic acid groups (broad SMARTS) is 1. The van der Waals surface area contributed by atoms with Crippen LogP contribution in [0.5, 0.6) is 5.75 Å². The summed E-state index contributed by atoms with van der Waals surface area (Å²) in [7, 11) is -3.76. The highest BCUT2D eigenvalue weighted by atomic mass is 32.2. The van der Waals surface area contributed by atoms with Crippen LogP contribution in [-0.4, -0.2) is 32.1 Å². The minimum absolute atomic E-state index is 0.466. The molecule has 0 radical (unpaired) electrons. The standard InChI is InChI=1S/C9H7F3O5S/c1-18(15,16)5-2-3-6(8(13)14)7(4-5)17-9(10,11)12/h2-4H,1H3,(H,13,14). The van der Waals surface area contributed by atoms with Crippen LogP contribution in [0.15, 0.2) is 23.1 Å². The number of ether oxygens (including phenoxy) is 1. The second kappa shape index (κ2) is 4.48. The van der Waals surface area contributed by atoms with Crippen LogP contribution in [0, 0.1) is 0 Å². The number of alkyl halides is 3. The highest BCUT2D eigenvalue weighted by Crippen LogP contribution is 2.29. The fraction of sp³-hybridized carbons (Fsp3) is 0.222. The molecule has 1 N–H and O–H groups in total. The van der Waals surface area contributed by atoms with Gasteiger partial charge in [-0.1, -0.05) is 0 Å². The Labute approximate surface area is 99.7 Å². The molecule has 0 aliphatic carbocycles. The van der Waals surface area contributed by atoms with Crippen molar-refractivity contribution < 1.29 is 36.2 Å². The van der Waals surface area contributed by atoms with Gasteiger partial charge in [-0.15, -0.1) is 13.2 Å². The van der Waals surface area contributed by atoms with Crippen LogP contribution in [0.4, 0.5) is 13.2 Å². The first kappa shape index (κ1) is 14.3. The maximum absolute atomic E-state index is 12.0. The zero-order chi connectivity index (χ0) is 14.1. The van der Waals surface area contributed by atoms with Crippen molar-refractivity contribution in [1.29, 1.82) is 0 Å². The predicted molar refractivity (Wildman–Crippen MR) is 53.2 cm³/mol. The third-order valence-corrected chi connectivity index (χ3v) is 2.95.